The molecule has 0 saturated carbocycles. The van der Waals surface area contributed by atoms with E-state index in [4.69, 9.17) is 4.98 Å². The lowest BCUT2D eigenvalue weighted by molar-refractivity contribution is -0.132. The first kappa shape index (κ1) is 23.4. The van der Waals surface area contributed by atoms with Crippen LogP contribution in [0.4, 0.5) is 0 Å². The number of benzene rings is 3. The van der Waals surface area contributed by atoms with E-state index in [0.29, 0.717) is 36.0 Å². The van der Waals surface area contributed by atoms with Crippen LogP contribution >= 0.6 is 0 Å². The van der Waals surface area contributed by atoms with Gasteiger partial charge in [-0.05, 0) is 54.7 Å². The normalized spacial score (nSPS) is 12.0. The van der Waals surface area contributed by atoms with Crippen molar-refractivity contribution in [3.8, 4) is 5.69 Å². The fraction of sp³-hybridized carbons (Fsp3) is 0.276. The van der Waals surface area contributed by atoms with Crippen molar-refractivity contribution < 1.29 is 4.79 Å². The number of carbonyl (C=O) groups excluding carboxylic acids is 1. The topological polar surface area (TPSA) is 55.2 Å². The molecule has 1 heterocycles. The van der Waals surface area contributed by atoms with Gasteiger partial charge in [0.05, 0.1) is 22.6 Å². The zero-order valence-electron chi connectivity index (χ0n) is 20.1. The summed E-state index contributed by atoms with van der Waals surface area (Å²) in [6.45, 7) is 4.13. The standard InChI is InChI=1S/C29H31N3O2/c1-4-21-15-18-23(19-16-21)32-28(30-25-14-10-9-13-24(25)29(32)34)26(5-2)31(3)27(33)20-17-22-11-7-6-8-12-22/h6-16,18-19,26H,4-5,17,20H2,1-3H3. The van der Waals surface area contributed by atoms with Crippen LogP contribution < -0.4 is 5.56 Å². The molecular formula is C29H31N3O2. The second-order valence-electron chi connectivity index (χ2n) is 8.56. The van der Waals surface area contributed by atoms with Crippen LogP contribution in [0.15, 0.2) is 83.7 Å². The predicted octanol–water partition coefficient (Wildman–Crippen LogP) is 5.49. The molecule has 0 aliphatic heterocycles. The molecule has 1 amide bonds. The van der Waals surface area contributed by atoms with Gasteiger partial charge in [0.15, 0.2) is 0 Å². The van der Waals surface area contributed by atoms with Crippen LogP contribution in [-0.2, 0) is 17.6 Å². The van der Waals surface area contributed by atoms with Gasteiger partial charge in [0, 0.05) is 13.5 Å². The Balaban J connectivity index is 1.75. The average molecular weight is 454 g/mol. The van der Waals surface area contributed by atoms with Crippen molar-refractivity contribution in [2.45, 2.75) is 45.6 Å². The lowest BCUT2D eigenvalue weighted by atomic mass is 10.1. The molecule has 0 N–H and O–H groups in total. The Bertz CT molecular complexity index is 1330. The highest BCUT2D eigenvalue weighted by Gasteiger charge is 2.26. The molecule has 4 aromatic rings. The molecule has 0 fully saturated rings. The lowest BCUT2D eigenvalue weighted by Gasteiger charge is -2.29. The quantitative estimate of drug-likeness (QED) is 0.354. The summed E-state index contributed by atoms with van der Waals surface area (Å²) >= 11 is 0. The number of amides is 1. The largest absolute Gasteiger partial charge is 0.336 e. The highest BCUT2D eigenvalue weighted by Crippen LogP contribution is 2.26. The molecule has 0 aliphatic carbocycles. The number of para-hydroxylation sites is 1. The van der Waals surface area contributed by atoms with Crippen LogP contribution in [0.2, 0.25) is 0 Å². The molecule has 174 valence electrons. The fourth-order valence-corrected chi connectivity index (χ4v) is 4.38. The van der Waals surface area contributed by atoms with Gasteiger partial charge in [0.2, 0.25) is 5.91 Å². The monoisotopic (exact) mass is 453 g/mol. The van der Waals surface area contributed by atoms with Crippen molar-refractivity contribution in [1.29, 1.82) is 0 Å². The Morgan fingerprint density at radius 1 is 0.912 bits per heavy atom. The maximum Gasteiger partial charge on any atom is 0.266 e. The average Bonchev–Trinajstić information content (AvgIpc) is 2.88. The molecule has 0 aliphatic rings. The Morgan fingerprint density at radius 2 is 1.59 bits per heavy atom. The van der Waals surface area contributed by atoms with Gasteiger partial charge in [0.25, 0.3) is 5.56 Å². The summed E-state index contributed by atoms with van der Waals surface area (Å²) in [6, 6.07) is 25.1. The number of aryl methyl sites for hydroxylation is 2. The molecule has 1 unspecified atom stereocenters. The smallest absolute Gasteiger partial charge is 0.266 e. The van der Waals surface area contributed by atoms with E-state index in [1.165, 1.54) is 5.56 Å². The Morgan fingerprint density at radius 3 is 2.26 bits per heavy atom. The van der Waals surface area contributed by atoms with Gasteiger partial charge in [-0.1, -0.05) is 68.4 Å². The fourth-order valence-electron chi connectivity index (χ4n) is 4.38. The summed E-state index contributed by atoms with van der Waals surface area (Å²) < 4.78 is 1.68. The third-order valence-electron chi connectivity index (χ3n) is 6.42. The molecule has 1 aromatic heterocycles. The first-order chi connectivity index (χ1) is 16.5. The van der Waals surface area contributed by atoms with E-state index >= 15 is 0 Å². The van der Waals surface area contributed by atoms with Crippen molar-refractivity contribution in [2.24, 2.45) is 0 Å². The summed E-state index contributed by atoms with van der Waals surface area (Å²) in [5.74, 6) is 0.622. The summed E-state index contributed by atoms with van der Waals surface area (Å²) in [5, 5.41) is 0.568. The van der Waals surface area contributed by atoms with Crippen LogP contribution in [0, 0.1) is 0 Å². The molecule has 0 radical (unpaired) electrons. The molecule has 3 aromatic carbocycles. The van der Waals surface area contributed by atoms with Crippen molar-refractivity contribution >= 4 is 16.8 Å². The van der Waals surface area contributed by atoms with Gasteiger partial charge < -0.3 is 4.90 Å². The minimum Gasteiger partial charge on any atom is -0.336 e. The molecular weight excluding hydrogens is 422 g/mol. The third kappa shape index (κ3) is 4.79. The molecule has 34 heavy (non-hydrogen) atoms. The van der Waals surface area contributed by atoms with Crippen molar-refractivity contribution in [3.05, 3.63) is 106 Å². The molecule has 5 nitrogen and oxygen atoms in total. The highest BCUT2D eigenvalue weighted by atomic mass is 16.2. The second-order valence-corrected chi connectivity index (χ2v) is 8.56. The Labute approximate surface area is 200 Å². The van der Waals surface area contributed by atoms with Crippen molar-refractivity contribution in [2.75, 3.05) is 7.05 Å². The van der Waals surface area contributed by atoms with Crippen molar-refractivity contribution in [1.82, 2.24) is 14.5 Å². The summed E-state index contributed by atoms with van der Waals surface area (Å²) in [5.41, 5.74) is 3.63. The number of carbonyl (C=O) groups is 1. The molecule has 5 heteroatoms. The first-order valence-electron chi connectivity index (χ1n) is 11.9. The van der Waals surface area contributed by atoms with E-state index in [1.54, 1.807) is 15.5 Å². The van der Waals surface area contributed by atoms with E-state index in [0.717, 1.165) is 17.7 Å². The number of fused-ring (bicyclic) bond motifs is 1. The lowest BCUT2D eigenvalue weighted by Crippen LogP contribution is -2.36. The molecule has 1 atom stereocenters. The number of rotatable bonds is 8. The van der Waals surface area contributed by atoms with E-state index in [1.807, 2.05) is 86.8 Å². The maximum atomic E-state index is 13.6. The molecule has 4 rings (SSSR count). The van der Waals surface area contributed by atoms with Gasteiger partial charge >= 0.3 is 0 Å². The van der Waals surface area contributed by atoms with Gasteiger partial charge in [-0.25, -0.2) is 4.98 Å². The number of nitrogens with zero attached hydrogens (tertiary/aromatic N) is 3. The van der Waals surface area contributed by atoms with Crippen LogP contribution in [0.5, 0.6) is 0 Å². The SMILES string of the molecule is CCc1ccc(-n2c(C(CC)N(C)C(=O)CCc3ccccc3)nc3ccccc3c2=O)cc1. The summed E-state index contributed by atoms with van der Waals surface area (Å²) in [4.78, 5) is 33.5. The summed E-state index contributed by atoms with van der Waals surface area (Å²) in [7, 11) is 1.81. The molecule has 0 spiro atoms. The van der Waals surface area contributed by atoms with Crippen LogP contribution in [-0.4, -0.2) is 27.4 Å². The van der Waals surface area contributed by atoms with Gasteiger partial charge in [-0.3, -0.25) is 14.2 Å². The van der Waals surface area contributed by atoms with Gasteiger partial charge in [0.1, 0.15) is 5.82 Å². The van der Waals surface area contributed by atoms with Crippen molar-refractivity contribution in [3.63, 3.8) is 0 Å². The molecule has 0 saturated heterocycles. The molecule has 0 bridgehead atoms. The Hall–Kier alpha value is -3.73. The number of hydrogen-bond acceptors (Lipinski definition) is 3. The Kier molecular flexibility index (Phi) is 7.21. The minimum absolute atomic E-state index is 0.0333. The second kappa shape index (κ2) is 10.5. The van der Waals surface area contributed by atoms with E-state index < -0.39 is 0 Å². The predicted molar refractivity (Wildman–Crippen MR) is 137 cm³/mol. The zero-order chi connectivity index (χ0) is 24.1. The summed E-state index contributed by atoms with van der Waals surface area (Å²) in [6.07, 6.45) is 2.65. The van der Waals surface area contributed by atoms with Crippen LogP contribution in [0.25, 0.3) is 16.6 Å². The van der Waals surface area contributed by atoms with Gasteiger partial charge in [-0.2, -0.15) is 0 Å². The number of aromatic nitrogens is 2. The van der Waals surface area contributed by atoms with E-state index in [-0.39, 0.29) is 17.5 Å². The first-order valence-corrected chi connectivity index (χ1v) is 11.9. The van der Waals surface area contributed by atoms with Crippen LogP contribution in [0.1, 0.15) is 49.7 Å². The third-order valence-corrected chi connectivity index (χ3v) is 6.42. The maximum absolute atomic E-state index is 13.6. The highest BCUT2D eigenvalue weighted by molar-refractivity contribution is 5.79. The van der Waals surface area contributed by atoms with Gasteiger partial charge in [-0.15, -0.1) is 0 Å². The van der Waals surface area contributed by atoms with E-state index in [9.17, 15) is 9.59 Å². The minimum atomic E-state index is -0.327. The van der Waals surface area contributed by atoms with E-state index in [2.05, 4.69) is 6.92 Å². The van der Waals surface area contributed by atoms with Crippen LogP contribution in [0.3, 0.4) is 0 Å². The number of hydrogen-bond donors (Lipinski definition) is 0. The zero-order valence-corrected chi connectivity index (χ0v) is 20.1.